The number of thiazole rings is 1. The van der Waals surface area contributed by atoms with Crippen molar-refractivity contribution in [3.05, 3.63) is 82.3 Å². The number of para-hydroxylation sites is 1. The second kappa shape index (κ2) is 6.35. The number of hydrogen-bond acceptors (Lipinski definition) is 3. The van der Waals surface area contributed by atoms with Crippen LogP contribution >= 0.6 is 11.3 Å². The fourth-order valence-electron chi connectivity index (χ4n) is 1.90. The normalized spacial score (nSPS) is 10.4. The minimum absolute atomic E-state index is 0.500. The number of aromatic nitrogens is 1. The van der Waals surface area contributed by atoms with Gasteiger partial charge in [0.1, 0.15) is 17.4 Å². The summed E-state index contributed by atoms with van der Waals surface area (Å²) in [6.07, 6.45) is 0.822. The van der Waals surface area contributed by atoms with Crippen LogP contribution in [0.25, 0.3) is 0 Å². The highest BCUT2D eigenvalue weighted by Crippen LogP contribution is 2.16. The molecule has 0 spiro atoms. The Balaban J connectivity index is 1.60. The molecule has 0 unspecified atom stereocenters. The predicted molar refractivity (Wildman–Crippen MR) is 81.0 cm³/mol. The molecule has 0 fully saturated rings. The largest absolute Gasteiger partial charge is 0.486 e. The van der Waals surface area contributed by atoms with Gasteiger partial charge in [-0.15, -0.1) is 11.3 Å². The van der Waals surface area contributed by atoms with E-state index in [0.717, 1.165) is 22.9 Å². The van der Waals surface area contributed by atoms with Gasteiger partial charge in [0.05, 0.1) is 11.1 Å². The zero-order chi connectivity index (χ0) is 13.6. The third-order valence-electron chi connectivity index (χ3n) is 2.87. The Morgan fingerprint density at radius 2 is 1.65 bits per heavy atom. The van der Waals surface area contributed by atoms with E-state index in [-0.39, 0.29) is 0 Å². The summed E-state index contributed by atoms with van der Waals surface area (Å²) in [7, 11) is 0. The van der Waals surface area contributed by atoms with Gasteiger partial charge in [0.2, 0.25) is 0 Å². The molecule has 0 aliphatic heterocycles. The number of rotatable bonds is 5. The number of benzene rings is 2. The molecule has 2 aromatic carbocycles. The van der Waals surface area contributed by atoms with Crippen molar-refractivity contribution in [2.45, 2.75) is 13.0 Å². The van der Waals surface area contributed by atoms with Gasteiger partial charge in [0, 0.05) is 6.42 Å². The van der Waals surface area contributed by atoms with E-state index < -0.39 is 0 Å². The van der Waals surface area contributed by atoms with Gasteiger partial charge in [-0.05, 0) is 17.7 Å². The molecule has 1 heterocycles. The smallest absolute Gasteiger partial charge is 0.140 e. The third kappa shape index (κ3) is 3.45. The number of ether oxygens (including phenoxy) is 1. The molecule has 3 rings (SSSR count). The Labute approximate surface area is 122 Å². The first-order valence-corrected chi connectivity index (χ1v) is 7.30. The van der Waals surface area contributed by atoms with Crippen LogP contribution in [0, 0.1) is 5.38 Å². The first-order chi connectivity index (χ1) is 9.90. The van der Waals surface area contributed by atoms with Crippen LogP contribution in [0.5, 0.6) is 5.75 Å². The molecule has 1 aromatic heterocycles. The third-order valence-corrected chi connectivity index (χ3v) is 3.65. The maximum absolute atomic E-state index is 5.68. The average molecular weight is 280 g/mol. The van der Waals surface area contributed by atoms with E-state index in [9.17, 15) is 0 Å². The summed E-state index contributed by atoms with van der Waals surface area (Å²) >= 11 is 1.53. The van der Waals surface area contributed by atoms with Crippen LogP contribution in [0.2, 0.25) is 0 Å². The fraction of sp³-hybridized carbons (Fsp3) is 0.118. The van der Waals surface area contributed by atoms with E-state index in [0.29, 0.717) is 6.61 Å². The lowest BCUT2D eigenvalue weighted by atomic mass is 10.1. The molecule has 0 saturated carbocycles. The second-order valence-corrected chi connectivity index (χ2v) is 5.30. The van der Waals surface area contributed by atoms with Gasteiger partial charge in [-0.3, -0.25) is 0 Å². The SMILES string of the molecule is [c]1sc(COc2ccccc2)nc1Cc1ccccc1. The molecule has 0 atom stereocenters. The average Bonchev–Trinajstić information content (AvgIpc) is 2.95. The van der Waals surface area contributed by atoms with Gasteiger partial charge in [0.15, 0.2) is 0 Å². The van der Waals surface area contributed by atoms with Crippen LogP contribution in [0.4, 0.5) is 0 Å². The van der Waals surface area contributed by atoms with Crippen LogP contribution < -0.4 is 4.74 Å². The van der Waals surface area contributed by atoms with Crippen molar-refractivity contribution in [1.29, 1.82) is 0 Å². The molecule has 0 aliphatic carbocycles. The maximum atomic E-state index is 5.68. The summed E-state index contributed by atoms with van der Waals surface area (Å²) in [5.74, 6) is 0.868. The fourth-order valence-corrected chi connectivity index (χ4v) is 2.53. The van der Waals surface area contributed by atoms with Crippen molar-refractivity contribution in [1.82, 2.24) is 4.98 Å². The molecule has 1 radical (unpaired) electrons. The molecule has 0 N–H and O–H groups in total. The van der Waals surface area contributed by atoms with Crippen LogP contribution in [-0.2, 0) is 13.0 Å². The highest BCUT2D eigenvalue weighted by Gasteiger charge is 2.04. The monoisotopic (exact) mass is 280 g/mol. The van der Waals surface area contributed by atoms with E-state index in [4.69, 9.17) is 4.74 Å². The Morgan fingerprint density at radius 1 is 0.950 bits per heavy atom. The van der Waals surface area contributed by atoms with Crippen LogP contribution in [0.3, 0.4) is 0 Å². The van der Waals surface area contributed by atoms with Gasteiger partial charge in [0.25, 0.3) is 0 Å². The van der Waals surface area contributed by atoms with Gasteiger partial charge in [-0.25, -0.2) is 4.98 Å². The summed E-state index contributed by atoms with van der Waals surface area (Å²) in [5.41, 5.74) is 2.23. The molecule has 0 amide bonds. The predicted octanol–water partition coefficient (Wildman–Crippen LogP) is 4.11. The maximum Gasteiger partial charge on any atom is 0.140 e. The van der Waals surface area contributed by atoms with Gasteiger partial charge in [-0.2, -0.15) is 0 Å². The quantitative estimate of drug-likeness (QED) is 0.701. The zero-order valence-electron chi connectivity index (χ0n) is 11.0. The molecule has 2 nitrogen and oxygen atoms in total. The summed E-state index contributed by atoms with van der Waals surface area (Å²) < 4.78 is 5.68. The number of hydrogen-bond donors (Lipinski definition) is 0. The Hall–Kier alpha value is -2.13. The molecule has 0 aliphatic rings. The van der Waals surface area contributed by atoms with E-state index in [1.54, 1.807) is 0 Å². The van der Waals surface area contributed by atoms with E-state index in [1.807, 2.05) is 48.5 Å². The van der Waals surface area contributed by atoms with Crippen molar-refractivity contribution in [3.63, 3.8) is 0 Å². The summed E-state index contributed by atoms with van der Waals surface area (Å²) in [6.45, 7) is 0.500. The van der Waals surface area contributed by atoms with Crippen LogP contribution in [0.1, 0.15) is 16.3 Å². The molecule has 3 heteroatoms. The van der Waals surface area contributed by atoms with Crippen molar-refractivity contribution >= 4 is 11.3 Å². The first-order valence-electron chi connectivity index (χ1n) is 6.48. The molecular weight excluding hydrogens is 266 g/mol. The summed E-state index contributed by atoms with van der Waals surface area (Å²) in [5, 5.41) is 4.20. The Kier molecular flexibility index (Phi) is 4.09. The molecular formula is C17H14NOS. The minimum Gasteiger partial charge on any atom is -0.486 e. The highest BCUT2D eigenvalue weighted by atomic mass is 32.1. The van der Waals surface area contributed by atoms with Crippen molar-refractivity contribution in [2.75, 3.05) is 0 Å². The van der Waals surface area contributed by atoms with E-state index in [1.165, 1.54) is 16.9 Å². The Bertz CT molecular complexity index is 649. The first kappa shape index (κ1) is 12.9. The summed E-state index contributed by atoms with van der Waals surface area (Å²) in [6, 6.07) is 20.1. The van der Waals surface area contributed by atoms with Gasteiger partial charge < -0.3 is 4.74 Å². The summed E-state index contributed by atoms with van der Waals surface area (Å²) in [4.78, 5) is 4.56. The van der Waals surface area contributed by atoms with Crippen molar-refractivity contribution < 1.29 is 4.74 Å². The molecule has 99 valence electrons. The molecule has 0 bridgehead atoms. The van der Waals surface area contributed by atoms with Crippen LogP contribution in [0.15, 0.2) is 60.7 Å². The van der Waals surface area contributed by atoms with Gasteiger partial charge in [-0.1, -0.05) is 48.5 Å². The zero-order valence-corrected chi connectivity index (χ0v) is 11.8. The van der Waals surface area contributed by atoms with Crippen LogP contribution in [-0.4, -0.2) is 4.98 Å². The second-order valence-electron chi connectivity index (χ2n) is 4.42. The molecule has 3 aromatic rings. The lowest BCUT2D eigenvalue weighted by molar-refractivity contribution is 0.305. The van der Waals surface area contributed by atoms with E-state index in [2.05, 4.69) is 22.5 Å². The molecule has 0 saturated heterocycles. The minimum atomic E-state index is 0.500. The van der Waals surface area contributed by atoms with E-state index >= 15 is 0 Å². The highest BCUT2D eigenvalue weighted by molar-refractivity contribution is 7.09. The number of nitrogens with zero attached hydrogens (tertiary/aromatic N) is 1. The van der Waals surface area contributed by atoms with Crippen molar-refractivity contribution in [3.8, 4) is 5.75 Å². The molecule has 20 heavy (non-hydrogen) atoms. The topological polar surface area (TPSA) is 22.1 Å². The Morgan fingerprint density at radius 3 is 2.40 bits per heavy atom. The lowest BCUT2D eigenvalue weighted by Crippen LogP contribution is -1.95. The van der Waals surface area contributed by atoms with Crippen molar-refractivity contribution in [2.24, 2.45) is 0 Å². The van der Waals surface area contributed by atoms with Gasteiger partial charge >= 0.3 is 0 Å². The standard InChI is InChI=1S/C17H14NOS/c1-3-7-14(8-4-1)11-15-13-20-17(18-15)12-19-16-9-5-2-6-10-16/h1-10H,11-12H2. The lowest BCUT2D eigenvalue weighted by Gasteiger charge is -2.02.